The lowest BCUT2D eigenvalue weighted by Gasteiger charge is -2.56. The highest BCUT2D eigenvalue weighted by Crippen LogP contribution is 2.61. The van der Waals surface area contributed by atoms with Gasteiger partial charge in [0.25, 0.3) is 0 Å². The number of nitrogens with zero attached hydrogens (tertiary/aromatic N) is 3. The molecule has 1 aromatic carbocycles. The van der Waals surface area contributed by atoms with Gasteiger partial charge < -0.3 is 0 Å². The van der Waals surface area contributed by atoms with E-state index < -0.39 is 5.56 Å². The molecule has 0 saturated heterocycles. The predicted octanol–water partition coefficient (Wildman–Crippen LogP) is 4.14. The molecule has 0 radical (unpaired) electrons. The molecule has 4 aliphatic carbocycles. The van der Waals surface area contributed by atoms with Crippen LogP contribution in [0.15, 0.2) is 53.5 Å². The van der Waals surface area contributed by atoms with E-state index in [9.17, 15) is 9.59 Å². The molecular weight excluding hydrogens is 388 g/mol. The first kappa shape index (κ1) is 18.7. The average Bonchev–Trinajstić information content (AvgIpc) is 2.75. The summed E-state index contributed by atoms with van der Waals surface area (Å²) < 4.78 is 0. The molecule has 1 N–H and O–H groups in total. The van der Waals surface area contributed by atoms with Gasteiger partial charge >= 0.3 is 5.56 Å². The van der Waals surface area contributed by atoms with Crippen molar-refractivity contribution < 1.29 is 4.79 Å². The first-order valence-electron chi connectivity index (χ1n) is 11.3. The van der Waals surface area contributed by atoms with Crippen LogP contribution < -0.4 is 11.0 Å². The summed E-state index contributed by atoms with van der Waals surface area (Å²) in [5.41, 5.74) is 4.35. The van der Waals surface area contributed by atoms with Crippen molar-refractivity contribution in [1.29, 1.82) is 0 Å². The molecule has 0 unspecified atom stereocenters. The van der Waals surface area contributed by atoms with Gasteiger partial charge in [0.15, 0.2) is 0 Å². The van der Waals surface area contributed by atoms with Crippen molar-refractivity contribution in [3.63, 3.8) is 0 Å². The van der Waals surface area contributed by atoms with E-state index in [0.29, 0.717) is 23.0 Å². The number of hydrogen-bond donors (Lipinski definition) is 1. The summed E-state index contributed by atoms with van der Waals surface area (Å²) in [6.45, 7) is 0. The number of carbonyl (C=O) groups excluding carboxylic acids is 1. The molecule has 2 aromatic heterocycles. The largest absolute Gasteiger partial charge is 0.312 e. The Morgan fingerprint density at radius 1 is 1.00 bits per heavy atom. The lowest BCUT2D eigenvalue weighted by Crippen LogP contribution is -2.48. The van der Waals surface area contributed by atoms with Crippen molar-refractivity contribution in [1.82, 2.24) is 14.9 Å². The predicted molar refractivity (Wildman–Crippen MR) is 119 cm³/mol. The number of nitrogens with one attached hydrogen (secondary N) is 1. The molecule has 4 bridgehead atoms. The third-order valence-electron chi connectivity index (χ3n) is 7.64. The van der Waals surface area contributed by atoms with Gasteiger partial charge in [0.2, 0.25) is 5.91 Å². The molecule has 6 heteroatoms. The normalized spacial score (nSPS) is 28.7. The van der Waals surface area contributed by atoms with E-state index in [1.165, 1.54) is 19.3 Å². The fourth-order valence-electron chi connectivity index (χ4n) is 6.96. The number of aromatic nitrogens is 3. The fraction of sp³-hybridized carbons (Fsp3) is 0.440. The highest BCUT2D eigenvalue weighted by molar-refractivity contribution is 5.92. The van der Waals surface area contributed by atoms with Gasteiger partial charge in [0.05, 0.1) is 0 Å². The van der Waals surface area contributed by atoms with Crippen LogP contribution in [-0.4, -0.2) is 20.8 Å². The van der Waals surface area contributed by atoms with Crippen LogP contribution in [0.5, 0.6) is 0 Å². The number of pyridine rings is 1. The topological polar surface area (TPSA) is 76.9 Å². The Hall–Kier alpha value is -3.02. The van der Waals surface area contributed by atoms with Gasteiger partial charge in [0, 0.05) is 23.6 Å². The van der Waals surface area contributed by atoms with Crippen LogP contribution in [0.4, 0.5) is 0 Å². The second-order valence-corrected chi connectivity index (χ2v) is 9.96. The maximum absolute atomic E-state index is 13.1. The Balaban J connectivity index is 1.33. The van der Waals surface area contributed by atoms with Crippen molar-refractivity contribution in [3.8, 4) is 11.3 Å². The molecular formula is C25H26N4O2. The van der Waals surface area contributed by atoms with Crippen molar-refractivity contribution >= 4 is 16.8 Å². The summed E-state index contributed by atoms with van der Waals surface area (Å²) in [6.07, 6.45) is 9.58. The first-order valence-corrected chi connectivity index (χ1v) is 11.3. The molecule has 6 nitrogen and oxygen atoms in total. The van der Waals surface area contributed by atoms with E-state index in [1.54, 1.807) is 12.3 Å². The van der Waals surface area contributed by atoms with Crippen molar-refractivity contribution in [2.75, 3.05) is 5.43 Å². The third kappa shape index (κ3) is 3.25. The van der Waals surface area contributed by atoms with Gasteiger partial charge in [-0.05, 0) is 73.8 Å². The molecule has 7 rings (SSSR count). The zero-order valence-corrected chi connectivity index (χ0v) is 17.5. The van der Waals surface area contributed by atoms with Gasteiger partial charge in [0.1, 0.15) is 11.2 Å². The lowest BCUT2D eigenvalue weighted by atomic mass is 9.49. The number of rotatable bonds is 4. The number of benzene rings is 1. The minimum absolute atomic E-state index is 0.111. The van der Waals surface area contributed by atoms with Crippen LogP contribution in [-0.2, 0) is 4.79 Å². The maximum Gasteiger partial charge on any atom is 0.312 e. The lowest BCUT2D eigenvalue weighted by molar-refractivity contribution is -0.125. The van der Waals surface area contributed by atoms with Crippen LogP contribution >= 0.6 is 0 Å². The Kier molecular flexibility index (Phi) is 4.23. The van der Waals surface area contributed by atoms with E-state index in [1.807, 2.05) is 36.4 Å². The van der Waals surface area contributed by atoms with E-state index in [2.05, 4.69) is 15.5 Å². The van der Waals surface area contributed by atoms with E-state index in [0.717, 1.165) is 47.4 Å². The summed E-state index contributed by atoms with van der Waals surface area (Å²) in [4.78, 5) is 31.5. The molecule has 158 valence electrons. The van der Waals surface area contributed by atoms with Crippen molar-refractivity contribution in [3.05, 3.63) is 59.0 Å². The van der Waals surface area contributed by atoms with Crippen LogP contribution in [0.25, 0.3) is 22.2 Å². The first-order chi connectivity index (χ1) is 15.1. The average molecular weight is 415 g/mol. The van der Waals surface area contributed by atoms with E-state index >= 15 is 0 Å². The number of hydrogen-bond acceptors (Lipinski definition) is 4. The molecule has 2 heterocycles. The minimum Gasteiger partial charge on any atom is -0.273 e. The summed E-state index contributed by atoms with van der Waals surface area (Å²) in [6, 6.07) is 13.3. The number of amides is 1. The summed E-state index contributed by atoms with van der Waals surface area (Å²) in [5.74, 6) is 2.24. The smallest absolute Gasteiger partial charge is 0.273 e. The van der Waals surface area contributed by atoms with E-state index in [-0.39, 0.29) is 11.3 Å². The zero-order chi connectivity index (χ0) is 21.0. The van der Waals surface area contributed by atoms with Gasteiger partial charge in [-0.25, -0.2) is 5.43 Å². The Morgan fingerprint density at radius 3 is 2.35 bits per heavy atom. The summed E-state index contributed by atoms with van der Waals surface area (Å²) in [5, 5.41) is 5.22. The second-order valence-electron chi connectivity index (χ2n) is 9.96. The molecule has 1 amide bonds. The summed E-state index contributed by atoms with van der Waals surface area (Å²) >= 11 is 0. The van der Waals surface area contributed by atoms with Crippen LogP contribution in [0.1, 0.15) is 44.9 Å². The fourth-order valence-corrected chi connectivity index (χ4v) is 6.96. The molecule has 4 aliphatic rings. The second kappa shape index (κ2) is 7.01. The third-order valence-corrected chi connectivity index (χ3v) is 7.64. The molecule has 0 spiro atoms. The SMILES string of the molecule is O=C(CC12CC3CC(CC(C3)C1)C2)Nn1nc(-c2ccccc2)c2cccnc2c1=O. The highest BCUT2D eigenvalue weighted by atomic mass is 16.2. The monoisotopic (exact) mass is 414 g/mol. The number of fused-ring (bicyclic) bond motifs is 1. The Bertz CT molecular complexity index is 1180. The van der Waals surface area contributed by atoms with Gasteiger partial charge in [-0.1, -0.05) is 30.3 Å². The van der Waals surface area contributed by atoms with Gasteiger partial charge in [-0.2, -0.15) is 0 Å². The molecule has 4 saturated carbocycles. The standard InChI is InChI=1S/C25H26N4O2/c30-21(15-25-12-16-9-17(13-25)11-18(10-16)14-25)27-29-24(31)23-20(7-4-8-26-23)22(28-29)19-5-2-1-3-6-19/h1-8,16-18H,9-15H2,(H,27,30). The minimum atomic E-state index is -0.394. The molecule has 0 aliphatic heterocycles. The quantitative estimate of drug-likeness (QED) is 0.696. The van der Waals surface area contributed by atoms with Gasteiger partial charge in [-0.3, -0.25) is 14.6 Å². The molecule has 31 heavy (non-hydrogen) atoms. The van der Waals surface area contributed by atoms with Crippen molar-refractivity contribution in [2.24, 2.45) is 23.2 Å². The molecule has 3 aromatic rings. The molecule has 4 fully saturated rings. The van der Waals surface area contributed by atoms with E-state index in [4.69, 9.17) is 0 Å². The van der Waals surface area contributed by atoms with Crippen LogP contribution in [0.3, 0.4) is 0 Å². The van der Waals surface area contributed by atoms with Crippen molar-refractivity contribution in [2.45, 2.75) is 44.9 Å². The van der Waals surface area contributed by atoms with Gasteiger partial charge in [-0.15, -0.1) is 9.89 Å². The highest BCUT2D eigenvalue weighted by Gasteiger charge is 2.51. The Morgan fingerprint density at radius 2 is 1.68 bits per heavy atom. The van der Waals surface area contributed by atoms with Crippen LogP contribution in [0, 0.1) is 23.2 Å². The van der Waals surface area contributed by atoms with Crippen LogP contribution in [0.2, 0.25) is 0 Å². The maximum atomic E-state index is 13.1. The Labute approximate surface area is 180 Å². The number of carbonyl (C=O) groups is 1. The zero-order valence-electron chi connectivity index (χ0n) is 17.5. The summed E-state index contributed by atoms with van der Waals surface area (Å²) in [7, 11) is 0. The molecule has 0 atom stereocenters.